The predicted molar refractivity (Wildman–Crippen MR) is 142 cm³/mol. The van der Waals surface area contributed by atoms with Crippen molar-refractivity contribution in [3.63, 3.8) is 0 Å². The normalized spacial score (nSPS) is 10.5. The summed E-state index contributed by atoms with van der Waals surface area (Å²) in [7, 11) is 1.60. The molecule has 0 aliphatic rings. The molecule has 0 aliphatic carbocycles. The van der Waals surface area contributed by atoms with Gasteiger partial charge in [0.1, 0.15) is 5.75 Å². The third-order valence-electron chi connectivity index (χ3n) is 5.19. The Hall–Kier alpha value is -4.37. The van der Waals surface area contributed by atoms with E-state index >= 15 is 0 Å². The second-order valence-electron chi connectivity index (χ2n) is 7.61. The number of hydrogen-bond acceptors (Lipinski definition) is 6. The summed E-state index contributed by atoms with van der Waals surface area (Å²) in [6.07, 6.45) is 1.74. The predicted octanol–water partition coefficient (Wildman–Crippen LogP) is 5.12. The lowest BCUT2D eigenvalue weighted by Gasteiger charge is -2.12. The molecule has 0 bridgehead atoms. The quantitative estimate of drug-likeness (QED) is 0.232. The first kappa shape index (κ1) is 24.7. The molecule has 9 heteroatoms. The van der Waals surface area contributed by atoms with Crippen molar-refractivity contribution in [2.45, 2.75) is 11.7 Å². The van der Waals surface area contributed by atoms with E-state index in [9.17, 15) is 9.59 Å². The first-order valence-electron chi connectivity index (χ1n) is 11.2. The van der Waals surface area contributed by atoms with Crippen LogP contribution in [-0.4, -0.2) is 39.4 Å². The van der Waals surface area contributed by atoms with Gasteiger partial charge in [0.05, 0.1) is 29.7 Å². The van der Waals surface area contributed by atoms with E-state index in [-0.39, 0.29) is 17.6 Å². The minimum Gasteiger partial charge on any atom is -0.496 e. The number of methoxy groups -OCH3 is 1. The molecule has 1 aromatic heterocycles. The summed E-state index contributed by atoms with van der Waals surface area (Å²) >= 11 is 1.25. The molecule has 2 amide bonds. The highest BCUT2D eigenvalue weighted by Gasteiger charge is 2.18. The molecule has 0 spiro atoms. The summed E-state index contributed by atoms with van der Waals surface area (Å²) < 4.78 is 7.34. The van der Waals surface area contributed by atoms with Gasteiger partial charge in [0.25, 0.3) is 5.91 Å². The number of thioether (sulfide) groups is 1. The van der Waals surface area contributed by atoms with Crippen molar-refractivity contribution < 1.29 is 14.3 Å². The van der Waals surface area contributed by atoms with Gasteiger partial charge in [-0.2, -0.15) is 0 Å². The van der Waals surface area contributed by atoms with Gasteiger partial charge >= 0.3 is 0 Å². The van der Waals surface area contributed by atoms with Crippen LogP contribution in [0.1, 0.15) is 10.4 Å². The van der Waals surface area contributed by atoms with Gasteiger partial charge in [-0.3, -0.25) is 14.2 Å². The van der Waals surface area contributed by atoms with Gasteiger partial charge in [0.2, 0.25) is 5.91 Å². The van der Waals surface area contributed by atoms with Crippen LogP contribution in [0.2, 0.25) is 0 Å². The molecule has 4 aromatic rings. The molecular weight excluding hydrogens is 474 g/mol. The fourth-order valence-corrected chi connectivity index (χ4v) is 4.29. The van der Waals surface area contributed by atoms with Crippen LogP contribution in [0.4, 0.5) is 11.4 Å². The molecule has 0 atom stereocenters. The van der Waals surface area contributed by atoms with Crippen molar-refractivity contribution in [1.82, 2.24) is 14.8 Å². The number of benzene rings is 3. The Morgan fingerprint density at radius 1 is 0.972 bits per heavy atom. The molecule has 0 saturated heterocycles. The highest BCUT2D eigenvalue weighted by atomic mass is 32.2. The average Bonchev–Trinajstić information content (AvgIpc) is 3.30. The van der Waals surface area contributed by atoms with Crippen LogP contribution in [0.5, 0.6) is 5.75 Å². The van der Waals surface area contributed by atoms with Crippen LogP contribution >= 0.6 is 11.8 Å². The van der Waals surface area contributed by atoms with E-state index < -0.39 is 0 Å². The number of allylic oxidation sites excluding steroid dienone is 1. The Bertz CT molecular complexity index is 1370. The first-order valence-corrected chi connectivity index (χ1v) is 12.1. The Kier molecular flexibility index (Phi) is 8.15. The van der Waals surface area contributed by atoms with Crippen LogP contribution in [0, 0.1) is 0 Å². The van der Waals surface area contributed by atoms with Crippen molar-refractivity contribution in [1.29, 1.82) is 0 Å². The molecule has 4 rings (SSSR count). The molecule has 0 aliphatic heterocycles. The molecule has 0 radical (unpaired) electrons. The molecule has 8 nitrogen and oxygen atoms in total. The number of carbonyl (C=O) groups is 2. The number of nitrogens with one attached hydrogen (secondary N) is 2. The zero-order valence-electron chi connectivity index (χ0n) is 19.7. The van der Waals surface area contributed by atoms with E-state index in [1.54, 1.807) is 49.6 Å². The third-order valence-corrected chi connectivity index (χ3v) is 6.15. The van der Waals surface area contributed by atoms with E-state index in [1.807, 2.05) is 47.0 Å². The Balaban J connectivity index is 1.46. The second-order valence-corrected chi connectivity index (χ2v) is 8.55. The van der Waals surface area contributed by atoms with Crippen molar-refractivity contribution in [2.24, 2.45) is 0 Å². The summed E-state index contributed by atoms with van der Waals surface area (Å²) in [6, 6.07) is 23.6. The number of para-hydroxylation sites is 3. The second kappa shape index (κ2) is 11.9. The zero-order valence-corrected chi connectivity index (χ0v) is 20.5. The molecule has 0 saturated carbocycles. The third kappa shape index (κ3) is 5.81. The van der Waals surface area contributed by atoms with Crippen LogP contribution in [0.3, 0.4) is 0 Å². The van der Waals surface area contributed by atoms with E-state index in [0.717, 1.165) is 5.56 Å². The molecule has 0 fully saturated rings. The van der Waals surface area contributed by atoms with Crippen LogP contribution in [-0.2, 0) is 11.3 Å². The van der Waals surface area contributed by atoms with Gasteiger partial charge in [0.15, 0.2) is 11.0 Å². The minimum absolute atomic E-state index is 0.0792. The maximum atomic E-state index is 12.8. The standard InChI is InChI=1S/C27H25N5O3S/c1-3-17-32-25(21-14-8-10-16-23(21)35-2)30-31-27(32)36-18-24(33)29-22-15-9-7-13-20(22)26(34)28-19-11-5-4-6-12-19/h3-16H,1,17-18H2,2H3,(H,28,34)(H,29,33). The fraction of sp³-hybridized carbons (Fsp3) is 0.111. The number of ether oxygens (including phenoxy) is 1. The van der Waals surface area contributed by atoms with Crippen LogP contribution < -0.4 is 15.4 Å². The van der Waals surface area contributed by atoms with E-state index in [0.29, 0.717) is 40.2 Å². The lowest BCUT2D eigenvalue weighted by Crippen LogP contribution is -2.19. The molecule has 182 valence electrons. The van der Waals surface area contributed by atoms with Crippen molar-refractivity contribution >= 4 is 35.0 Å². The molecular formula is C27H25N5O3S. The van der Waals surface area contributed by atoms with Gasteiger partial charge in [-0.05, 0) is 36.4 Å². The van der Waals surface area contributed by atoms with Crippen molar-refractivity contribution in [2.75, 3.05) is 23.5 Å². The van der Waals surface area contributed by atoms with Crippen LogP contribution in [0.15, 0.2) is 96.7 Å². The number of anilines is 2. The maximum Gasteiger partial charge on any atom is 0.257 e. The van der Waals surface area contributed by atoms with Crippen LogP contribution in [0.25, 0.3) is 11.4 Å². The van der Waals surface area contributed by atoms with E-state index in [4.69, 9.17) is 4.74 Å². The topological polar surface area (TPSA) is 98.1 Å². The zero-order chi connectivity index (χ0) is 25.3. The first-order chi connectivity index (χ1) is 17.6. The summed E-state index contributed by atoms with van der Waals surface area (Å²) in [5.74, 6) is 0.799. The molecule has 0 unspecified atom stereocenters. The average molecular weight is 500 g/mol. The van der Waals surface area contributed by atoms with Gasteiger partial charge in [-0.25, -0.2) is 0 Å². The summed E-state index contributed by atoms with van der Waals surface area (Å²) in [5, 5.41) is 14.9. The largest absolute Gasteiger partial charge is 0.496 e. The van der Waals surface area contributed by atoms with Gasteiger partial charge in [-0.1, -0.05) is 60.3 Å². The Morgan fingerprint density at radius 3 is 2.47 bits per heavy atom. The number of aromatic nitrogens is 3. The SMILES string of the molecule is C=CCn1c(SCC(=O)Nc2ccccc2C(=O)Nc2ccccc2)nnc1-c1ccccc1OC. The molecule has 1 heterocycles. The summed E-state index contributed by atoms with van der Waals surface area (Å²) in [5.41, 5.74) is 2.27. The van der Waals surface area contributed by atoms with Gasteiger partial charge in [-0.15, -0.1) is 16.8 Å². The minimum atomic E-state index is -0.308. The number of nitrogens with zero attached hydrogens (tertiary/aromatic N) is 3. The van der Waals surface area contributed by atoms with Gasteiger partial charge < -0.3 is 15.4 Å². The summed E-state index contributed by atoms with van der Waals surface area (Å²) in [6.45, 7) is 4.29. The summed E-state index contributed by atoms with van der Waals surface area (Å²) in [4.78, 5) is 25.6. The van der Waals surface area contributed by atoms with Crippen molar-refractivity contribution in [3.8, 4) is 17.1 Å². The molecule has 36 heavy (non-hydrogen) atoms. The lowest BCUT2D eigenvalue weighted by atomic mass is 10.1. The monoisotopic (exact) mass is 499 g/mol. The maximum absolute atomic E-state index is 12.8. The number of carbonyl (C=O) groups excluding carboxylic acids is 2. The van der Waals surface area contributed by atoms with Crippen molar-refractivity contribution in [3.05, 3.63) is 97.1 Å². The number of rotatable bonds is 10. The molecule has 2 N–H and O–H groups in total. The Labute approximate surface area is 213 Å². The van der Waals surface area contributed by atoms with E-state index in [1.165, 1.54) is 11.8 Å². The van der Waals surface area contributed by atoms with Gasteiger partial charge in [0, 0.05) is 12.2 Å². The Morgan fingerprint density at radius 2 is 1.69 bits per heavy atom. The molecule has 3 aromatic carbocycles. The number of hydrogen-bond donors (Lipinski definition) is 2. The highest BCUT2D eigenvalue weighted by Crippen LogP contribution is 2.31. The highest BCUT2D eigenvalue weighted by molar-refractivity contribution is 7.99. The number of amides is 2. The lowest BCUT2D eigenvalue weighted by molar-refractivity contribution is -0.113. The van der Waals surface area contributed by atoms with E-state index in [2.05, 4.69) is 27.4 Å². The fourth-order valence-electron chi connectivity index (χ4n) is 3.54. The smallest absolute Gasteiger partial charge is 0.257 e.